The molecule has 0 radical (unpaired) electrons. The third-order valence-electron chi connectivity index (χ3n) is 2.94. The second-order valence-corrected chi connectivity index (χ2v) is 4.82. The van der Waals surface area contributed by atoms with E-state index in [1.807, 2.05) is 25.1 Å². The van der Waals surface area contributed by atoms with E-state index in [0.29, 0.717) is 5.02 Å². The summed E-state index contributed by atoms with van der Waals surface area (Å²) in [5, 5.41) is 0.631. The number of hydrogen-bond acceptors (Lipinski definition) is 3. The van der Waals surface area contributed by atoms with Gasteiger partial charge in [0.15, 0.2) is 0 Å². The molecule has 0 aliphatic carbocycles. The molecule has 1 aromatic rings. The minimum Gasteiger partial charge on any atom is -0.489 e. The molecular formula is C13H18ClNO2. The van der Waals surface area contributed by atoms with Gasteiger partial charge in [-0.15, -0.1) is 0 Å². The second kappa shape index (κ2) is 5.71. The summed E-state index contributed by atoms with van der Waals surface area (Å²) in [5.74, 6) is 0.739. The first-order valence-electron chi connectivity index (χ1n) is 5.96. The van der Waals surface area contributed by atoms with Gasteiger partial charge in [0.1, 0.15) is 11.9 Å². The highest BCUT2D eigenvalue weighted by atomic mass is 35.5. The van der Waals surface area contributed by atoms with Gasteiger partial charge in [-0.05, 0) is 24.6 Å². The summed E-state index contributed by atoms with van der Waals surface area (Å²) in [5.41, 5.74) is 6.82. The molecule has 2 rings (SSSR count). The first-order valence-corrected chi connectivity index (χ1v) is 6.34. The molecule has 1 heterocycles. The summed E-state index contributed by atoms with van der Waals surface area (Å²) in [6, 6.07) is 5.73. The number of ether oxygens (including phenoxy) is 2. The summed E-state index contributed by atoms with van der Waals surface area (Å²) in [7, 11) is 0. The minimum absolute atomic E-state index is 0.00960. The molecule has 1 aliphatic rings. The molecule has 1 aromatic carbocycles. The van der Waals surface area contributed by atoms with Crippen LogP contribution < -0.4 is 10.5 Å². The lowest BCUT2D eigenvalue weighted by Crippen LogP contribution is -2.26. The van der Waals surface area contributed by atoms with Gasteiger partial charge >= 0.3 is 0 Å². The van der Waals surface area contributed by atoms with Crippen LogP contribution in [0.2, 0.25) is 5.02 Å². The van der Waals surface area contributed by atoms with Crippen LogP contribution in [-0.2, 0) is 4.74 Å². The van der Waals surface area contributed by atoms with Gasteiger partial charge in [0, 0.05) is 18.9 Å². The Morgan fingerprint density at radius 2 is 2.12 bits per heavy atom. The van der Waals surface area contributed by atoms with Crippen molar-refractivity contribution >= 4 is 11.6 Å². The Morgan fingerprint density at radius 3 is 2.71 bits per heavy atom. The van der Waals surface area contributed by atoms with Gasteiger partial charge < -0.3 is 15.2 Å². The number of benzene rings is 1. The second-order valence-electron chi connectivity index (χ2n) is 4.41. The molecule has 1 aliphatic heterocycles. The summed E-state index contributed by atoms with van der Waals surface area (Å²) in [4.78, 5) is 0. The molecule has 0 aromatic heterocycles. The van der Waals surface area contributed by atoms with E-state index in [9.17, 15) is 0 Å². The molecule has 0 spiro atoms. The standard InChI is InChI=1S/C13H18ClNO2/c1-9(15)10-2-3-13(12(14)8-10)17-11-4-6-16-7-5-11/h2-3,8-9,11H,4-7,15H2,1H3/t9-/m1/s1. The van der Waals surface area contributed by atoms with Crippen molar-refractivity contribution < 1.29 is 9.47 Å². The lowest BCUT2D eigenvalue weighted by atomic mass is 10.1. The predicted octanol–water partition coefficient (Wildman–Crippen LogP) is 2.92. The summed E-state index contributed by atoms with van der Waals surface area (Å²) in [6.45, 7) is 3.46. The van der Waals surface area contributed by atoms with E-state index in [1.54, 1.807) is 0 Å². The van der Waals surface area contributed by atoms with Crippen molar-refractivity contribution in [1.29, 1.82) is 0 Å². The van der Waals surface area contributed by atoms with Crippen molar-refractivity contribution in [3.05, 3.63) is 28.8 Å². The quantitative estimate of drug-likeness (QED) is 0.903. The number of hydrogen-bond donors (Lipinski definition) is 1. The van der Waals surface area contributed by atoms with E-state index in [2.05, 4.69) is 0 Å². The van der Waals surface area contributed by atoms with Crippen LogP contribution in [0.1, 0.15) is 31.4 Å². The van der Waals surface area contributed by atoms with E-state index in [0.717, 1.165) is 37.4 Å². The Kier molecular flexibility index (Phi) is 4.26. The lowest BCUT2D eigenvalue weighted by molar-refractivity contribution is 0.0256. The molecule has 17 heavy (non-hydrogen) atoms. The van der Waals surface area contributed by atoms with Gasteiger partial charge in [-0.2, -0.15) is 0 Å². The zero-order valence-electron chi connectivity index (χ0n) is 9.99. The highest BCUT2D eigenvalue weighted by molar-refractivity contribution is 6.32. The average Bonchev–Trinajstić information content (AvgIpc) is 2.33. The van der Waals surface area contributed by atoms with Crippen LogP contribution >= 0.6 is 11.6 Å². The van der Waals surface area contributed by atoms with Crippen LogP contribution in [0, 0.1) is 0 Å². The first-order chi connectivity index (χ1) is 8.16. The first kappa shape index (κ1) is 12.7. The van der Waals surface area contributed by atoms with Gasteiger partial charge in [-0.25, -0.2) is 0 Å². The Hall–Kier alpha value is -0.770. The van der Waals surface area contributed by atoms with Crippen LogP contribution in [-0.4, -0.2) is 19.3 Å². The van der Waals surface area contributed by atoms with E-state index in [4.69, 9.17) is 26.8 Å². The molecule has 2 N–H and O–H groups in total. The maximum absolute atomic E-state index is 6.18. The Bertz CT molecular complexity index is 376. The molecule has 1 atom stereocenters. The maximum atomic E-state index is 6.18. The summed E-state index contributed by atoms with van der Waals surface area (Å²) < 4.78 is 11.2. The topological polar surface area (TPSA) is 44.5 Å². The van der Waals surface area contributed by atoms with Crippen molar-refractivity contribution in [2.75, 3.05) is 13.2 Å². The molecule has 0 saturated carbocycles. The summed E-state index contributed by atoms with van der Waals surface area (Å²) >= 11 is 6.18. The lowest BCUT2D eigenvalue weighted by Gasteiger charge is -2.24. The van der Waals surface area contributed by atoms with Crippen molar-refractivity contribution in [1.82, 2.24) is 0 Å². The Labute approximate surface area is 107 Å². The Balaban J connectivity index is 2.05. The average molecular weight is 256 g/mol. The zero-order valence-corrected chi connectivity index (χ0v) is 10.7. The fraction of sp³-hybridized carbons (Fsp3) is 0.538. The molecule has 0 bridgehead atoms. The van der Waals surface area contributed by atoms with Crippen LogP contribution in [0.25, 0.3) is 0 Å². The van der Waals surface area contributed by atoms with Crippen LogP contribution in [0.4, 0.5) is 0 Å². The van der Waals surface area contributed by atoms with Gasteiger partial charge in [-0.3, -0.25) is 0 Å². The van der Waals surface area contributed by atoms with Crippen LogP contribution in [0.15, 0.2) is 18.2 Å². The normalized spacial score (nSPS) is 19.0. The smallest absolute Gasteiger partial charge is 0.138 e. The highest BCUT2D eigenvalue weighted by Crippen LogP contribution is 2.29. The third-order valence-corrected chi connectivity index (χ3v) is 3.24. The molecule has 1 saturated heterocycles. The van der Waals surface area contributed by atoms with Gasteiger partial charge in [0.05, 0.1) is 18.2 Å². The van der Waals surface area contributed by atoms with Gasteiger partial charge in [-0.1, -0.05) is 17.7 Å². The largest absolute Gasteiger partial charge is 0.489 e. The minimum atomic E-state index is -0.00960. The van der Waals surface area contributed by atoms with Crippen molar-refractivity contribution in [3.8, 4) is 5.75 Å². The van der Waals surface area contributed by atoms with Crippen molar-refractivity contribution in [3.63, 3.8) is 0 Å². The fourth-order valence-corrected chi connectivity index (χ4v) is 2.10. The van der Waals surface area contributed by atoms with Gasteiger partial charge in [0.25, 0.3) is 0 Å². The molecule has 94 valence electrons. The molecule has 3 nitrogen and oxygen atoms in total. The zero-order chi connectivity index (χ0) is 12.3. The van der Waals surface area contributed by atoms with Gasteiger partial charge in [0.2, 0.25) is 0 Å². The number of halogens is 1. The van der Waals surface area contributed by atoms with E-state index < -0.39 is 0 Å². The third kappa shape index (κ3) is 3.35. The van der Waals surface area contributed by atoms with Crippen LogP contribution in [0.3, 0.4) is 0 Å². The fourth-order valence-electron chi connectivity index (χ4n) is 1.87. The monoisotopic (exact) mass is 255 g/mol. The highest BCUT2D eigenvalue weighted by Gasteiger charge is 2.16. The SMILES string of the molecule is C[C@@H](N)c1ccc(OC2CCOCC2)c(Cl)c1. The number of nitrogens with two attached hydrogens (primary N) is 1. The van der Waals surface area contributed by atoms with Crippen molar-refractivity contribution in [2.24, 2.45) is 5.73 Å². The van der Waals surface area contributed by atoms with E-state index >= 15 is 0 Å². The molecule has 0 amide bonds. The maximum Gasteiger partial charge on any atom is 0.138 e. The molecular weight excluding hydrogens is 238 g/mol. The van der Waals surface area contributed by atoms with Crippen molar-refractivity contribution in [2.45, 2.75) is 31.9 Å². The predicted molar refractivity (Wildman–Crippen MR) is 68.5 cm³/mol. The molecule has 0 unspecified atom stereocenters. The molecule has 4 heteroatoms. The molecule has 1 fully saturated rings. The van der Waals surface area contributed by atoms with E-state index in [1.165, 1.54) is 0 Å². The summed E-state index contributed by atoms with van der Waals surface area (Å²) in [6.07, 6.45) is 2.05. The Morgan fingerprint density at radius 1 is 1.41 bits per heavy atom. The van der Waals surface area contributed by atoms with E-state index in [-0.39, 0.29) is 12.1 Å². The van der Waals surface area contributed by atoms with Crippen LogP contribution in [0.5, 0.6) is 5.75 Å². The number of rotatable bonds is 3.